The van der Waals surface area contributed by atoms with Gasteiger partial charge in [-0.15, -0.1) is 0 Å². The van der Waals surface area contributed by atoms with Gasteiger partial charge in [-0.1, -0.05) is 19.1 Å². The Morgan fingerprint density at radius 2 is 2.05 bits per heavy atom. The van der Waals surface area contributed by atoms with Gasteiger partial charge >= 0.3 is 0 Å². The predicted molar refractivity (Wildman–Crippen MR) is 77.6 cm³/mol. The van der Waals surface area contributed by atoms with E-state index in [0.29, 0.717) is 11.4 Å². The molecular formula is C16H19FN2O. The number of benzene rings is 1. The lowest BCUT2D eigenvalue weighted by molar-refractivity contribution is 0.424. The summed E-state index contributed by atoms with van der Waals surface area (Å²) in [6, 6.07) is 8.90. The zero-order valence-corrected chi connectivity index (χ0v) is 12.0. The van der Waals surface area contributed by atoms with Crippen molar-refractivity contribution in [3.8, 4) is 11.6 Å². The third kappa shape index (κ3) is 3.54. The van der Waals surface area contributed by atoms with Crippen molar-refractivity contribution in [1.29, 1.82) is 0 Å². The lowest BCUT2D eigenvalue weighted by atomic mass is 10.2. The summed E-state index contributed by atoms with van der Waals surface area (Å²) in [6.07, 6.45) is 0. The molecule has 0 bridgehead atoms. The molecule has 0 atom stereocenters. The average Bonchev–Trinajstić information content (AvgIpc) is 2.41. The van der Waals surface area contributed by atoms with E-state index in [9.17, 15) is 4.39 Å². The van der Waals surface area contributed by atoms with E-state index in [0.717, 1.165) is 24.3 Å². The number of nitrogens with one attached hydrogen (secondary N) is 1. The summed E-state index contributed by atoms with van der Waals surface area (Å²) in [6.45, 7) is 7.29. The summed E-state index contributed by atoms with van der Waals surface area (Å²) in [4.78, 5) is 4.29. The number of aryl methyl sites for hydroxylation is 2. The molecule has 4 heteroatoms. The quantitative estimate of drug-likeness (QED) is 0.902. The molecule has 0 amide bonds. The Morgan fingerprint density at radius 3 is 2.80 bits per heavy atom. The van der Waals surface area contributed by atoms with Gasteiger partial charge < -0.3 is 10.1 Å². The first kappa shape index (κ1) is 14.5. The summed E-state index contributed by atoms with van der Waals surface area (Å²) in [5, 5.41) is 3.25. The van der Waals surface area contributed by atoms with Crippen molar-refractivity contribution in [2.45, 2.75) is 27.3 Å². The van der Waals surface area contributed by atoms with Crippen molar-refractivity contribution in [3.63, 3.8) is 0 Å². The van der Waals surface area contributed by atoms with Crippen LogP contribution in [0.4, 0.5) is 4.39 Å². The lowest BCUT2D eigenvalue weighted by Gasteiger charge is -2.10. The molecule has 0 aliphatic carbocycles. The molecule has 0 saturated heterocycles. The van der Waals surface area contributed by atoms with Crippen LogP contribution in [0.1, 0.15) is 23.7 Å². The van der Waals surface area contributed by atoms with Crippen molar-refractivity contribution in [2.24, 2.45) is 0 Å². The molecular weight excluding hydrogens is 255 g/mol. The zero-order chi connectivity index (χ0) is 14.5. The Kier molecular flexibility index (Phi) is 4.69. The largest absolute Gasteiger partial charge is 0.436 e. The number of hydrogen-bond acceptors (Lipinski definition) is 3. The van der Waals surface area contributed by atoms with Gasteiger partial charge in [0.1, 0.15) is 0 Å². The number of hydrogen-bond donors (Lipinski definition) is 1. The molecule has 0 radical (unpaired) electrons. The maximum Gasteiger partial charge on any atom is 0.219 e. The number of rotatable bonds is 5. The van der Waals surface area contributed by atoms with Crippen LogP contribution in [0.15, 0.2) is 30.3 Å². The minimum Gasteiger partial charge on any atom is -0.436 e. The molecule has 0 unspecified atom stereocenters. The van der Waals surface area contributed by atoms with E-state index >= 15 is 0 Å². The van der Waals surface area contributed by atoms with Gasteiger partial charge in [0.05, 0.1) is 0 Å². The van der Waals surface area contributed by atoms with Gasteiger partial charge in [-0.25, -0.2) is 9.37 Å². The molecule has 0 aliphatic heterocycles. The number of ether oxygens (including phenoxy) is 1. The highest BCUT2D eigenvalue weighted by atomic mass is 19.1. The Labute approximate surface area is 118 Å². The SMILES string of the molecule is CCNCc1cc(C)nc(Oc2cccc(C)c2F)c1. The highest BCUT2D eigenvalue weighted by Gasteiger charge is 2.09. The third-order valence-electron chi connectivity index (χ3n) is 2.94. The van der Waals surface area contributed by atoms with Crippen molar-refractivity contribution >= 4 is 0 Å². The smallest absolute Gasteiger partial charge is 0.219 e. The van der Waals surface area contributed by atoms with Gasteiger partial charge in [0.2, 0.25) is 5.88 Å². The van der Waals surface area contributed by atoms with Gasteiger partial charge in [-0.3, -0.25) is 0 Å². The highest BCUT2D eigenvalue weighted by molar-refractivity contribution is 5.34. The number of nitrogens with zero attached hydrogens (tertiary/aromatic N) is 1. The van der Waals surface area contributed by atoms with Crippen LogP contribution in [-0.2, 0) is 6.54 Å². The van der Waals surface area contributed by atoms with Crippen LogP contribution in [0, 0.1) is 19.7 Å². The second kappa shape index (κ2) is 6.48. The van der Waals surface area contributed by atoms with Gasteiger partial charge in [-0.05, 0) is 43.7 Å². The molecule has 2 rings (SSSR count). The van der Waals surface area contributed by atoms with Crippen LogP contribution >= 0.6 is 0 Å². The average molecular weight is 274 g/mol. The molecule has 1 aromatic heterocycles. The van der Waals surface area contributed by atoms with E-state index in [4.69, 9.17) is 4.74 Å². The fraction of sp³-hybridized carbons (Fsp3) is 0.312. The second-order valence-electron chi connectivity index (χ2n) is 4.72. The first-order valence-electron chi connectivity index (χ1n) is 6.71. The van der Waals surface area contributed by atoms with E-state index in [1.54, 1.807) is 25.1 Å². The Balaban J connectivity index is 2.24. The van der Waals surface area contributed by atoms with E-state index in [1.165, 1.54) is 0 Å². The van der Waals surface area contributed by atoms with Crippen LogP contribution in [0.5, 0.6) is 11.6 Å². The monoisotopic (exact) mass is 274 g/mol. The molecule has 1 N–H and O–H groups in total. The second-order valence-corrected chi connectivity index (χ2v) is 4.72. The van der Waals surface area contributed by atoms with Crippen LogP contribution in [-0.4, -0.2) is 11.5 Å². The minimum atomic E-state index is -0.343. The minimum absolute atomic E-state index is 0.206. The van der Waals surface area contributed by atoms with Crippen molar-refractivity contribution in [1.82, 2.24) is 10.3 Å². The first-order valence-corrected chi connectivity index (χ1v) is 6.71. The first-order chi connectivity index (χ1) is 9.60. The van der Waals surface area contributed by atoms with Gasteiger partial charge in [0.15, 0.2) is 11.6 Å². The summed E-state index contributed by atoms with van der Waals surface area (Å²) in [5.74, 6) is 0.281. The predicted octanol–water partition coefficient (Wildman–Crippen LogP) is 3.74. The van der Waals surface area contributed by atoms with Gasteiger partial charge in [-0.2, -0.15) is 0 Å². The molecule has 1 heterocycles. The van der Waals surface area contributed by atoms with E-state index in [1.807, 2.05) is 26.0 Å². The molecule has 20 heavy (non-hydrogen) atoms. The van der Waals surface area contributed by atoms with Crippen LogP contribution < -0.4 is 10.1 Å². The molecule has 3 nitrogen and oxygen atoms in total. The molecule has 0 aliphatic rings. The van der Waals surface area contributed by atoms with Crippen molar-refractivity contribution in [2.75, 3.05) is 6.54 Å². The fourth-order valence-corrected chi connectivity index (χ4v) is 1.94. The molecule has 0 saturated carbocycles. The molecule has 2 aromatic rings. The van der Waals surface area contributed by atoms with E-state index < -0.39 is 0 Å². The maximum atomic E-state index is 13.9. The van der Waals surface area contributed by atoms with E-state index in [-0.39, 0.29) is 11.6 Å². The van der Waals surface area contributed by atoms with Crippen LogP contribution in [0.25, 0.3) is 0 Å². The Bertz CT molecular complexity index is 599. The molecule has 0 fully saturated rings. The molecule has 1 aromatic carbocycles. The summed E-state index contributed by atoms with van der Waals surface area (Å²) >= 11 is 0. The normalized spacial score (nSPS) is 10.6. The third-order valence-corrected chi connectivity index (χ3v) is 2.94. The van der Waals surface area contributed by atoms with Crippen LogP contribution in [0.3, 0.4) is 0 Å². The summed E-state index contributed by atoms with van der Waals surface area (Å²) < 4.78 is 19.5. The maximum absolute atomic E-state index is 13.9. The molecule has 0 spiro atoms. The standard InChI is InChI=1S/C16H19FN2O/c1-4-18-10-13-8-12(3)19-15(9-13)20-14-7-5-6-11(2)16(14)17/h5-9,18H,4,10H2,1-3H3. The van der Waals surface area contributed by atoms with Crippen LogP contribution in [0.2, 0.25) is 0 Å². The van der Waals surface area contributed by atoms with Gasteiger partial charge in [0.25, 0.3) is 0 Å². The zero-order valence-electron chi connectivity index (χ0n) is 12.0. The van der Waals surface area contributed by atoms with Gasteiger partial charge in [0, 0.05) is 18.3 Å². The number of aromatic nitrogens is 1. The highest BCUT2D eigenvalue weighted by Crippen LogP contribution is 2.25. The topological polar surface area (TPSA) is 34.2 Å². The summed E-state index contributed by atoms with van der Waals surface area (Å²) in [5.41, 5.74) is 2.48. The van der Waals surface area contributed by atoms with Crippen molar-refractivity contribution < 1.29 is 9.13 Å². The lowest BCUT2D eigenvalue weighted by Crippen LogP contribution is -2.12. The van der Waals surface area contributed by atoms with E-state index in [2.05, 4.69) is 10.3 Å². The Morgan fingerprint density at radius 1 is 1.25 bits per heavy atom. The Hall–Kier alpha value is -1.94. The van der Waals surface area contributed by atoms with Crippen molar-refractivity contribution in [3.05, 3.63) is 53.0 Å². The number of pyridine rings is 1. The number of halogens is 1. The summed E-state index contributed by atoms with van der Waals surface area (Å²) in [7, 11) is 0. The molecule has 106 valence electrons. The fourth-order valence-electron chi connectivity index (χ4n) is 1.94.